The van der Waals surface area contributed by atoms with Crippen LogP contribution in [0.3, 0.4) is 0 Å². The smallest absolute Gasteiger partial charge is 0.338 e. The van der Waals surface area contributed by atoms with Crippen molar-refractivity contribution >= 4 is 5.97 Å². The molecule has 0 amide bonds. The third-order valence-corrected chi connectivity index (χ3v) is 1.30. The summed E-state index contributed by atoms with van der Waals surface area (Å²) in [6.45, 7) is 5.09. The summed E-state index contributed by atoms with van der Waals surface area (Å²) in [4.78, 5) is 11.0. The Labute approximate surface area is 78.8 Å². The van der Waals surface area contributed by atoms with Crippen molar-refractivity contribution in [3.8, 4) is 5.75 Å². The summed E-state index contributed by atoms with van der Waals surface area (Å²) < 4.78 is 4.94. The molecule has 0 unspecified atom stereocenters. The molecule has 1 aromatic carbocycles. The van der Waals surface area contributed by atoms with Crippen molar-refractivity contribution in [1.82, 2.24) is 0 Å². The summed E-state index contributed by atoms with van der Waals surface area (Å²) in [6.07, 6.45) is 0. The van der Waals surface area contributed by atoms with Gasteiger partial charge in [0.15, 0.2) is 0 Å². The maximum Gasteiger partial charge on any atom is 0.338 e. The number of carbonyl (C=O) groups is 1. The van der Waals surface area contributed by atoms with Gasteiger partial charge in [-0.2, -0.15) is 0 Å². The van der Waals surface area contributed by atoms with E-state index in [0.29, 0.717) is 11.3 Å². The standard InChI is InChI=1S/C10H10O2.CH4/c1-8(2)10(11)12-9-6-4-3-5-7-9;/h3-7H,1H2,2H3;1H4. The minimum atomic E-state index is -0.388. The molecule has 2 nitrogen and oxygen atoms in total. The van der Waals surface area contributed by atoms with Gasteiger partial charge in [-0.3, -0.25) is 0 Å². The molecule has 0 aliphatic heterocycles. The highest BCUT2D eigenvalue weighted by Crippen LogP contribution is 2.09. The maximum absolute atomic E-state index is 11.0. The highest BCUT2D eigenvalue weighted by molar-refractivity contribution is 5.88. The van der Waals surface area contributed by atoms with E-state index < -0.39 is 0 Å². The lowest BCUT2D eigenvalue weighted by Gasteiger charge is -2.01. The quantitative estimate of drug-likeness (QED) is 0.395. The van der Waals surface area contributed by atoms with Gasteiger partial charge in [0.1, 0.15) is 5.75 Å². The zero-order valence-electron chi connectivity index (χ0n) is 6.91. The Balaban J connectivity index is 0.00000144. The Morgan fingerprint density at radius 1 is 1.31 bits per heavy atom. The van der Waals surface area contributed by atoms with E-state index >= 15 is 0 Å². The van der Waals surface area contributed by atoms with Gasteiger partial charge in [0, 0.05) is 5.57 Å². The van der Waals surface area contributed by atoms with Crippen LogP contribution in [0.5, 0.6) is 5.75 Å². The molecule has 1 rings (SSSR count). The van der Waals surface area contributed by atoms with Gasteiger partial charge in [0.05, 0.1) is 0 Å². The molecule has 2 heteroatoms. The largest absolute Gasteiger partial charge is 0.423 e. The highest BCUT2D eigenvalue weighted by Gasteiger charge is 2.03. The summed E-state index contributed by atoms with van der Waals surface area (Å²) in [6, 6.07) is 8.92. The number of esters is 1. The number of para-hydroxylation sites is 1. The molecule has 0 aliphatic rings. The molecule has 1 aromatic rings. The molecule has 0 spiro atoms. The number of rotatable bonds is 2. The molecule has 13 heavy (non-hydrogen) atoms. The maximum atomic E-state index is 11.0. The molecular weight excluding hydrogens is 164 g/mol. The number of hydrogen-bond donors (Lipinski definition) is 0. The second kappa shape index (κ2) is 5.14. The van der Waals surface area contributed by atoms with Crippen molar-refractivity contribution in [2.24, 2.45) is 0 Å². The van der Waals surface area contributed by atoms with E-state index in [4.69, 9.17) is 4.74 Å². The third kappa shape index (κ3) is 3.56. The lowest BCUT2D eigenvalue weighted by Crippen LogP contribution is -2.07. The minimum absolute atomic E-state index is 0. The average molecular weight is 178 g/mol. The molecule has 0 saturated heterocycles. The topological polar surface area (TPSA) is 26.3 Å². The van der Waals surface area contributed by atoms with E-state index in [1.807, 2.05) is 6.07 Å². The fourth-order valence-electron chi connectivity index (χ4n) is 0.683. The van der Waals surface area contributed by atoms with Gasteiger partial charge < -0.3 is 4.74 Å². The Morgan fingerprint density at radius 2 is 1.85 bits per heavy atom. The zero-order valence-corrected chi connectivity index (χ0v) is 6.91. The molecular formula is C11H14O2. The van der Waals surface area contributed by atoms with E-state index in [1.165, 1.54) is 0 Å². The molecule has 0 saturated carbocycles. The summed E-state index contributed by atoms with van der Waals surface area (Å²) in [5.41, 5.74) is 0.402. The second-order valence-electron chi connectivity index (χ2n) is 2.48. The summed E-state index contributed by atoms with van der Waals surface area (Å²) in [5, 5.41) is 0. The fourth-order valence-corrected chi connectivity index (χ4v) is 0.683. The van der Waals surface area contributed by atoms with E-state index in [0.717, 1.165) is 0 Å². The van der Waals surface area contributed by atoms with E-state index in [9.17, 15) is 4.79 Å². The van der Waals surface area contributed by atoms with Gasteiger partial charge in [0.25, 0.3) is 0 Å². The number of carbonyl (C=O) groups excluding carboxylic acids is 1. The fraction of sp³-hybridized carbons (Fsp3) is 0.182. The van der Waals surface area contributed by atoms with Crippen LogP contribution in [0.25, 0.3) is 0 Å². The summed E-state index contributed by atoms with van der Waals surface area (Å²) in [5.74, 6) is 0.159. The predicted octanol–water partition coefficient (Wildman–Crippen LogP) is 2.80. The first-order valence-corrected chi connectivity index (χ1v) is 3.63. The van der Waals surface area contributed by atoms with Gasteiger partial charge in [-0.25, -0.2) is 4.79 Å². The molecule has 0 radical (unpaired) electrons. The van der Waals surface area contributed by atoms with Crippen LogP contribution < -0.4 is 4.74 Å². The summed E-state index contributed by atoms with van der Waals surface area (Å²) in [7, 11) is 0. The molecule has 70 valence electrons. The second-order valence-corrected chi connectivity index (χ2v) is 2.48. The SMILES string of the molecule is C.C=C(C)C(=O)Oc1ccccc1. The Morgan fingerprint density at radius 3 is 2.31 bits per heavy atom. The van der Waals surface area contributed by atoms with Crippen LogP contribution in [0.15, 0.2) is 42.5 Å². The van der Waals surface area contributed by atoms with E-state index in [1.54, 1.807) is 31.2 Å². The predicted molar refractivity (Wildman–Crippen MR) is 53.6 cm³/mol. The van der Waals surface area contributed by atoms with Gasteiger partial charge >= 0.3 is 5.97 Å². The van der Waals surface area contributed by atoms with Crippen LogP contribution in [-0.2, 0) is 4.79 Å². The first-order chi connectivity index (χ1) is 5.70. The highest BCUT2D eigenvalue weighted by atomic mass is 16.5. The number of benzene rings is 1. The van der Waals surface area contributed by atoms with Crippen LogP contribution in [0, 0.1) is 0 Å². The lowest BCUT2D eigenvalue weighted by atomic mass is 10.3. The Hall–Kier alpha value is -1.57. The van der Waals surface area contributed by atoms with Crippen LogP contribution >= 0.6 is 0 Å². The van der Waals surface area contributed by atoms with Crippen molar-refractivity contribution in [3.05, 3.63) is 42.5 Å². The van der Waals surface area contributed by atoms with Crippen LogP contribution in [0.2, 0.25) is 0 Å². The Kier molecular flexibility index (Phi) is 4.52. The molecule has 0 bridgehead atoms. The zero-order chi connectivity index (χ0) is 8.97. The van der Waals surface area contributed by atoms with Crippen molar-refractivity contribution < 1.29 is 9.53 Å². The normalized spacial score (nSPS) is 8.38. The number of hydrogen-bond acceptors (Lipinski definition) is 2. The summed E-state index contributed by atoms with van der Waals surface area (Å²) >= 11 is 0. The lowest BCUT2D eigenvalue weighted by molar-refractivity contribution is -0.130. The molecule has 0 heterocycles. The minimum Gasteiger partial charge on any atom is -0.423 e. The molecule has 0 aliphatic carbocycles. The van der Waals surface area contributed by atoms with Crippen LogP contribution in [0.1, 0.15) is 14.4 Å². The van der Waals surface area contributed by atoms with Gasteiger partial charge in [-0.05, 0) is 19.1 Å². The molecule has 0 N–H and O–H groups in total. The van der Waals surface area contributed by atoms with E-state index in [-0.39, 0.29) is 13.4 Å². The van der Waals surface area contributed by atoms with Crippen molar-refractivity contribution in [2.45, 2.75) is 14.4 Å². The van der Waals surface area contributed by atoms with Gasteiger partial charge in [0.2, 0.25) is 0 Å². The first-order valence-electron chi connectivity index (χ1n) is 3.63. The molecule has 0 atom stereocenters. The van der Waals surface area contributed by atoms with Crippen molar-refractivity contribution in [3.63, 3.8) is 0 Å². The number of ether oxygens (including phenoxy) is 1. The van der Waals surface area contributed by atoms with E-state index in [2.05, 4.69) is 6.58 Å². The Bertz CT molecular complexity index is 288. The average Bonchev–Trinajstić information content (AvgIpc) is 2.06. The molecule has 0 fully saturated rings. The van der Waals surface area contributed by atoms with Crippen LogP contribution in [0.4, 0.5) is 0 Å². The molecule has 0 aromatic heterocycles. The van der Waals surface area contributed by atoms with Crippen LogP contribution in [-0.4, -0.2) is 5.97 Å². The van der Waals surface area contributed by atoms with Gasteiger partial charge in [-0.15, -0.1) is 0 Å². The first kappa shape index (κ1) is 11.4. The van der Waals surface area contributed by atoms with Crippen molar-refractivity contribution in [1.29, 1.82) is 0 Å². The van der Waals surface area contributed by atoms with Crippen molar-refractivity contribution in [2.75, 3.05) is 0 Å². The monoisotopic (exact) mass is 178 g/mol. The van der Waals surface area contributed by atoms with Gasteiger partial charge in [-0.1, -0.05) is 32.2 Å². The third-order valence-electron chi connectivity index (χ3n) is 1.30.